The maximum absolute atomic E-state index is 11.2. The van der Waals surface area contributed by atoms with Crippen molar-refractivity contribution in [2.45, 2.75) is 57.7 Å². The zero-order chi connectivity index (χ0) is 22.7. The number of allylic oxidation sites excluding steroid dienone is 2. The molecule has 31 heavy (non-hydrogen) atoms. The molecule has 1 N–H and O–H groups in total. The number of hydrogen-bond donors (Lipinski definition) is 1. The lowest BCUT2D eigenvalue weighted by Crippen LogP contribution is -2.25. The van der Waals surface area contributed by atoms with Crippen LogP contribution in [0.5, 0.6) is 11.5 Å². The maximum atomic E-state index is 11.2. The fraction of sp³-hybridized carbons (Fsp3) is 0.462. The number of aliphatic hydroxyl groups is 1. The molecule has 2 rings (SSSR count). The van der Waals surface area contributed by atoms with Gasteiger partial charge in [0.1, 0.15) is 28.6 Å². The SMILES string of the molecule is C=CCCC(O)(CCC=C)c1ccc(CN(CCC)Cc2cc(OC)cc(OC)c2)o1. The fourth-order valence-corrected chi connectivity index (χ4v) is 3.73. The molecule has 1 heterocycles. The van der Waals surface area contributed by atoms with Crippen molar-refractivity contribution in [3.05, 3.63) is 72.7 Å². The van der Waals surface area contributed by atoms with Crippen LogP contribution < -0.4 is 9.47 Å². The Morgan fingerprint density at radius 1 is 1.00 bits per heavy atom. The molecule has 0 saturated carbocycles. The van der Waals surface area contributed by atoms with Gasteiger partial charge in [0.2, 0.25) is 0 Å². The first-order chi connectivity index (χ1) is 15.0. The van der Waals surface area contributed by atoms with E-state index in [4.69, 9.17) is 13.9 Å². The minimum atomic E-state index is -1.00. The monoisotopic (exact) mass is 427 g/mol. The van der Waals surface area contributed by atoms with Crippen LogP contribution in [0.1, 0.15) is 56.1 Å². The molecular weight excluding hydrogens is 390 g/mol. The smallest absolute Gasteiger partial charge is 0.135 e. The van der Waals surface area contributed by atoms with Crippen molar-refractivity contribution >= 4 is 0 Å². The van der Waals surface area contributed by atoms with E-state index in [2.05, 4.69) is 25.0 Å². The van der Waals surface area contributed by atoms with Gasteiger partial charge in [0.15, 0.2) is 0 Å². The third-order valence-electron chi connectivity index (χ3n) is 5.38. The molecule has 0 spiro atoms. The van der Waals surface area contributed by atoms with Crippen LogP contribution in [0.2, 0.25) is 0 Å². The summed E-state index contributed by atoms with van der Waals surface area (Å²) >= 11 is 0. The van der Waals surface area contributed by atoms with Gasteiger partial charge >= 0.3 is 0 Å². The Hall–Kier alpha value is -2.50. The summed E-state index contributed by atoms with van der Waals surface area (Å²) in [5, 5.41) is 11.2. The molecule has 1 aromatic heterocycles. The predicted molar refractivity (Wildman–Crippen MR) is 125 cm³/mol. The molecule has 5 nitrogen and oxygen atoms in total. The van der Waals surface area contributed by atoms with Gasteiger partial charge in [0.25, 0.3) is 0 Å². The number of hydrogen-bond acceptors (Lipinski definition) is 5. The summed E-state index contributed by atoms with van der Waals surface area (Å²) in [4.78, 5) is 2.32. The highest BCUT2D eigenvalue weighted by atomic mass is 16.5. The number of furan rings is 1. The lowest BCUT2D eigenvalue weighted by atomic mass is 9.89. The molecule has 0 aliphatic carbocycles. The molecule has 5 heteroatoms. The highest BCUT2D eigenvalue weighted by Crippen LogP contribution is 2.33. The molecule has 0 fully saturated rings. The molecule has 0 aliphatic rings. The Morgan fingerprint density at radius 3 is 2.13 bits per heavy atom. The number of methoxy groups -OCH3 is 2. The van der Waals surface area contributed by atoms with Crippen LogP contribution in [-0.2, 0) is 18.7 Å². The quantitative estimate of drug-likeness (QED) is 0.363. The number of benzene rings is 1. The van der Waals surface area contributed by atoms with Crippen LogP contribution in [0.3, 0.4) is 0 Å². The number of ether oxygens (including phenoxy) is 2. The zero-order valence-corrected chi connectivity index (χ0v) is 19.2. The summed E-state index contributed by atoms with van der Waals surface area (Å²) in [7, 11) is 3.32. The average Bonchev–Trinajstić information content (AvgIpc) is 3.25. The lowest BCUT2D eigenvalue weighted by molar-refractivity contribution is -0.00214. The molecule has 1 aromatic carbocycles. The highest BCUT2D eigenvalue weighted by Gasteiger charge is 2.31. The van der Waals surface area contributed by atoms with E-state index in [0.717, 1.165) is 55.2 Å². The molecule has 0 saturated heterocycles. The number of rotatable bonds is 15. The second kappa shape index (κ2) is 12.4. The van der Waals surface area contributed by atoms with Crippen LogP contribution in [0.15, 0.2) is 60.1 Å². The first kappa shape index (κ1) is 24.8. The summed E-state index contributed by atoms with van der Waals surface area (Å²) in [5.74, 6) is 3.01. The normalized spacial score (nSPS) is 11.5. The standard InChI is InChI=1S/C26H37NO4/c1-6-9-13-26(28,14-10-7-2)25-12-11-22(31-25)20-27(15-8-3)19-21-16-23(29-4)18-24(17-21)30-5/h6-7,11-12,16-18,28H,1-2,8-10,13-15,19-20H2,3-5H3. The van der Waals surface area contributed by atoms with Crippen molar-refractivity contribution in [2.75, 3.05) is 20.8 Å². The fourth-order valence-electron chi connectivity index (χ4n) is 3.73. The van der Waals surface area contributed by atoms with Crippen molar-refractivity contribution in [3.8, 4) is 11.5 Å². The topological polar surface area (TPSA) is 55.1 Å². The first-order valence-electron chi connectivity index (χ1n) is 11.0. The second-order valence-electron chi connectivity index (χ2n) is 7.88. The molecule has 170 valence electrons. The summed E-state index contributed by atoms with van der Waals surface area (Å²) in [6, 6.07) is 9.81. The van der Waals surface area contributed by atoms with Gasteiger partial charge in [0, 0.05) is 12.6 Å². The highest BCUT2D eigenvalue weighted by molar-refractivity contribution is 5.38. The van der Waals surface area contributed by atoms with E-state index in [1.54, 1.807) is 14.2 Å². The molecule has 0 aliphatic heterocycles. The Morgan fingerprint density at radius 2 is 1.61 bits per heavy atom. The third-order valence-corrected chi connectivity index (χ3v) is 5.38. The van der Waals surface area contributed by atoms with Crippen molar-refractivity contribution < 1.29 is 19.0 Å². The van der Waals surface area contributed by atoms with Crippen molar-refractivity contribution in [1.82, 2.24) is 4.90 Å². The minimum Gasteiger partial charge on any atom is -0.497 e. The van der Waals surface area contributed by atoms with Gasteiger partial charge in [-0.1, -0.05) is 19.1 Å². The zero-order valence-electron chi connectivity index (χ0n) is 19.2. The Bertz CT molecular complexity index is 792. The van der Waals surface area contributed by atoms with Crippen LogP contribution >= 0.6 is 0 Å². The van der Waals surface area contributed by atoms with E-state index < -0.39 is 5.60 Å². The summed E-state index contributed by atoms with van der Waals surface area (Å²) < 4.78 is 16.9. The summed E-state index contributed by atoms with van der Waals surface area (Å²) in [6.45, 7) is 12.1. The molecule has 0 atom stereocenters. The van der Waals surface area contributed by atoms with Gasteiger partial charge in [-0.2, -0.15) is 0 Å². The Balaban J connectivity index is 2.17. The van der Waals surface area contributed by atoms with Gasteiger partial charge in [-0.05, 0) is 68.5 Å². The van der Waals surface area contributed by atoms with Crippen LogP contribution in [-0.4, -0.2) is 30.8 Å². The molecule has 0 amide bonds. The number of nitrogens with zero attached hydrogens (tertiary/aromatic N) is 1. The molecular formula is C26H37NO4. The van der Waals surface area contributed by atoms with Gasteiger partial charge in [-0.15, -0.1) is 13.2 Å². The van der Waals surface area contributed by atoms with E-state index in [9.17, 15) is 5.11 Å². The second-order valence-corrected chi connectivity index (χ2v) is 7.88. The van der Waals surface area contributed by atoms with E-state index in [-0.39, 0.29) is 0 Å². The van der Waals surface area contributed by atoms with Gasteiger partial charge in [0.05, 0.1) is 20.8 Å². The molecule has 0 radical (unpaired) electrons. The van der Waals surface area contributed by atoms with Crippen molar-refractivity contribution in [3.63, 3.8) is 0 Å². The third kappa shape index (κ3) is 7.30. The van der Waals surface area contributed by atoms with E-state index in [0.29, 0.717) is 25.1 Å². The maximum Gasteiger partial charge on any atom is 0.135 e. The van der Waals surface area contributed by atoms with Crippen LogP contribution in [0.25, 0.3) is 0 Å². The summed E-state index contributed by atoms with van der Waals surface area (Å²) in [6.07, 6.45) is 7.30. The van der Waals surface area contributed by atoms with Gasteiger partial charge in [-0.25, -0.2) is 0 Å². The Kier molecular flexibility index (Phi) is 9.89. The van der Waals surface area contributed by atoms with Crippen LogP contribution in [0.4, 0.5) is 0 Å². The minimum absolute atomic E-state index is 0.583. The molecule has 0 unspecified atom stereocenters. The molecule has 0 bridgehead atoms. The largest absolute Gasteiger partial charge is 0.497 e. The van der Waals surface area contributed by atoms with Crippen molar-refractivity contribution in [2.24, 2.45) is 0 Å². The van der Waals surface area contributed by atoms with Gasteiger partial charge < -0.3 is 19.0 Å². The summed E-state index contributed by atoms with van der Waals surface area (Å²) in [5.41, 5.74) is 0.112. The Labute approximate surface area is 187 Å². The van der Waals surface area contributed by atoms with E-state index in [1.807, 2.05) is 42.5 Å². The van der Waals surface area contributed by atoms with Crippen molar-refractivity contribution in [1.29, 1.82) is 0 Å². The molecule has 2 aromatic rings. The lowest BCUT2D eigenvalue weighted by Gasteiger charge is -2.25. The van der Waals surface area contributed by atoms with Crippen LogP contribution in [0, 0.1) is 0 Å². The van der Waals surface area contributed by atoms with E-state index >= 15 is 0 Å². The van der Waals surface area contributed by atoms with Gasteiger partial charge in [-0.3, -0.25) is 4.90 Å². The first-order valence-corrected chi connectivity index (χ1v) is 11.0. The van der Waals surface area contributed by atoms with E-state index in [1.165, 1.54) is 0 Å². The average molecular weight is 428 g/mol. The predicted octanol–water partition coefficient (Wildman–Crippen LogP) is 5.83.